The Labute approximate surface area is 426 Å². The molecule has 0 saturated heterocycles. The number of hydrogen-bond acceptors (Lipinski definition) is 4. The van der Waals surface area contributed by atoms with Gasteiger partial charge in [-0.1, -0.05) is 193 Å². The minimum atomic E-state index is -0.156. The van der Waals surface area contributed by atoms with Gasteiger partial charge in [0.15, 0.2) is 0 Å². The molecule has 350 valence electrons. The van der Waals surface area contributed by atoms with E-state index in [1.165, 1.54) is 61.4 Å². The van der Waals surface area contributed by atoms with E-state index in [9.17, 15) is 0 Å². The fraction of sp³-hybridized carbons (Fsp3) is 0.118. The molecule has 0 bridgehead atoms. The smallest absolute Gasteiger partial charge is 0.252 e. The molecule has 0 fully saturated rings. The zero-order valence-corrected chi connectivity index (χ0v) is 42.0. The quantitative estimate of drug-likeness (QED) is 0.161. The van der Waals surface area contributed by atoms with Crippen LogP contribution in [0.15, 0.2) is 221 Å². The Hall–Kier alpha value is -8.54. The molecule has 12 aromatic rings. The van der Waals surface area contributed by atoms with Gasteiger partial charge in [-0.15, -0.1) is 0 Å². The van der Waals surface area contributed by atoms with E-state index in [0.29, 0.717) is 0 Å². The first-order chi connectivity index (χ1) is 35.5. The molecular formula is C68H53BN2O2. The molecule has 14 rings (SSSR count). The number of benzene rings is 10. The third kappa shape index (κ3) is 6.82. The number of hydrogen-bond donors (Lipinski definition) is 0. The average Bonchev–Trinajstić information content (AvgIpc) is 4.00. The van der Waals surface area contributed by atoms with E-state index in [1.807, 2.05) is 12.1 Å². The lowest BCUT2D eigenvalue weighted by Gasteiger charge is -2.45. The van der Waals surface area contributed by atoms with Crippen LogP contribution in [0.5, 0.6) is 0 Å². The fourth-order valence-electron chi connectivity index (χ4n) is 11.8. The van der Waals surface area contributed by atoms with Crippen LogP contribution in [0.25, 0.3) is 77.3 Å². The molecule has 4 nitrogen and oxygen atoms in total. The second kappa shape index (κ2) is 16.0. The van der Waals surface area contributed by atoms with E-state index in [2.05, 4.69) is 252 Å². The van der Waals surface area contributed by atoms with Gasteiger partial charge in [0.05, 0.1) is 0 Å². The molecule has 73 heavy (non-hydrogen) atoms. The normalized spacial score (nSPS) is 13.3. The lowest BCUT2D eigenvalue weighted by Crippen LogP contribution is -2.61. The fourth-order valence-corrected chi connectivity index (χ4v) is 11.8. The second-order valence-electron chi connectivity index (χ2n) is 22.1. The Morgan fingerprint density at radius 1 is 0.342 bits per heavy atom. The summed E-state index contributed by atoms with van der Waals surface area (Å²) in [6.45, 7) is 13.9. The number of fused-ring (bicyclic) bond motifs is 10. The SMILES string of the molecule is CC(C)(C)c1ccc2c(c1)B1c3cc(-c4ccccc4)ccc3N(c3ccc(-c4cccc5c4oc4ccccc45)cc3)c3cc(C(C)(C)C)cc(c31)N2c1ccc(-c2cccc3c2oc2ccccc23)cc1. The van der Waals surface area contributed by atoms with Crippen molar-refractivity contribution >= 4 is 101 Å². The monoisotopic (exact) mass is 940 g/mol. The standard InChI is InChI=1S/C68H53BN2O2/c1-67(2,3)46-31-37-59-57(39-46)69-56-38-45(42-16-8-7-9-17-42)30-36-58(56)70(48-32-26-43(27-33-48)50-20-14-22-54-52-18-10-12-24-62(52)72-65(50)54)60-40-47(68(4,5)6)41-61(64(60)69)71(59)49-34-28-44(29-35-49)51-21-15-23-55-53-19-11-13-25-63(53)73-66(51)55/h7-41H,1-6H3. The van der Waals surface area contributed by atoms with E-state index in [4.69, 9.17) is 8.83 Å². The molecule has 0 saturated carbocycles. The van der Waals surface area contributed by atoms with Crippen molar-refractivity contribution in [3.63, 3.8) is 0 Å². The molecule has 4 heterocycles. The van der Waals surface area contributed by atoms with Crippen LogP contribution in [0.3, 0.4) is 0 Å². The van der Waals surface area contributed by atoms with Crippen LogP contribution in [0, 0.1) is 0 Å². The summed E-state index contributed by atoms with van der Waals surface area (Å²) < 4.78 is 13.1. The third-order valence-electron chi connectivity index (χ3n) is 15.6. The Bertz CT molecular complexity index is 4150. The first-order valence-corrected chi connectivity index (χ1v) is 25.6. The molecule has 10 aromatic carbocycles. The van der Waals surface area contributed by atoms with E-state index in [1.54, 1.807) is 0 Å². The number of para-hydroxylation sites is 4. The van der Waals surface area contributed by atoms with Gasteiger partial charge in [-0.2, -0.15) is 0 Å². The maximum absolute atomic E-state index is 6.56. The number of anilines is 6. The summed E-state index contributed by atoms with van der Waals surface area (Å²) in [6.07, 6.45) is 0. The highest BCUT2D eigenvalue weighted by molar-refractivity contribution is 7.00. The highest BCUT2D eigenvalue weighted by Gasteiger charge is 2.45. The lowest BCUT2D eigenvalue weighted by molar-refractivity contribution is 0.590. The summed E-state index contributed by atoms with van der Waals surface area (Å²) in [5.74, 6) is 0. The van der Waals surface area contributed by atoms with Crippen molar-refractivity contribution in [2.75, 3.05) is 9.80 Å². The molecular weight excluding hydrogens is 888 g/mol. The predicted octanol–water partition coefficient (Wildman–Crippen LogP) is 17.2. The minimum Gasteiger partial charge on any atom is -0.455 e. The molecule has 0 atom stereocenters. The van der Waals surface area contributed by atoms with Gasteiger partial charge < -0.3 is 18.6 Å². The zero-order chi connectivity index (χ0) is 49.3. The van der Waals surface area contributed by atoms with Gasteiger partial charge in [-0.25, -0.2) is 0 Å². The number of furan rings is 2. The van der Waals surface area contributed by atoms with Gasteiger partial charge >= 0.3 is 0 Å². The molecule has 0 unspecified atom stereocenters. The maximum Gasteiger partial charge on any atom is 0.252 e. The van der Waals surface area contributed by atoms with Gasteiger partial charge in [0.2, 0.25) is 0 Å². The van der Waals surface area contributed by atoms with Crippen LogP contribution in [0.1, 0.15) is 52.7 Å². The van der Waals surface area contributed by atoms with Crippen molar-refractivity contribution in [2.24, 2.45) is 0 Å². The summed E-state index contributed by atoms with van der Waals surface area (Å²) >= 11 is 0. The first-order valence-electron chi connectivity index (χ1n) is 25.6. The van der Waals surface area contributed by atoms with Crippen molar-refractivity contribution in [2.45, 2.75) is 52.4 Å². The molecule has 2 aliphatic rings. The van der Waals surface area contributed by atoms with Crippen molar-refractivity contribution in [3.05, 3.63) is 223 Å². The van der Waals surface area contributed by atoms with E-state index in [0.717, 1.165) is 77.5 Å². The largest absolute Gasteiger partial charge is 0.455 e. The summed E-state index contributed by atoms with van der Waals surface area (Å²) in [5, 5.41) is 4.53. The lowest BCUT2D eigenvalue weighted by atomic mass is 9.33. The molecule has 0 spiro atoms. The van der Waals surface area contributed by atoms with Crippen molar-refractivity contribution in [3.8, 4) is 33.4 Å². The van der Waals surface area contributed by atoms with Crippen LogP contribution in [-0.2, 0) is 10.8 Å². The summed E-state index contributed by atoms with van der Waals surface area (Å²) in [6, 6.07) is 78.1. The molecule has 2 aliphatic heterocycles. The number of rotatable bonds is 5. The van der Waals surface area contributed by atoms with Crippen LogP contribution in [0.4, 0.5) is 34.1 Å². The molecule has 0 N–H and O–H groups in total. The molecule has 0 aliphatic carbocycles. The molecule has 0 radical (unpaired) electrons. The van der Waals surface area contributed by atoms with Crippen molar-refractivity contribution in [1.82, 2.24) is 0 Å². The molecule has 5 heteroatoms. The summed E-state index contributed by atoms with van der Waals surface area (Å²) in [7, 11) is 0. The number of nitrogens with zero attached hydrogens (tertiary/aromatic N) is 2. The Morgan fingerprint density at radius 2 is 0.795 bits per heavy atom. The second-order valence-corrected chi connectivity index (χ2v) is 22.1. The first kappa shape index (κ1) is 43.3. The third-order valence-corrected chi connectivity index (χ3v) is 15.6. The van der Waals surface area contributed by atoms with Gasteiger partial charge in [0.25, 0.3) is 6.71 Å². The summed E-state index contributed by atoms with van der Waals surface area (Å²) in [4.78, 5) is 5.08. The van der Waals surface area contributed by atoms with Gasteiger partial charge in [0.1, 0.15) is 22.3 Å². The van der Waals surface area contributed by atoms with E-state index in [-0.39, 0.29) is 17.5 Å². The van der Waals surface area contributed by atoms with Crippen LogP contribution in [-0.4, -0.2) is 6.71 Å². The molecule has 2 aromatic heterocycles. The zero-order valence-electron chi connectivity index (χ0n) is 42.0. The average molecular weight is 941 g/mol. The topological polar surface area (TPSA) is 32.8 Å². The van der Waals surface area contributed by atoms with Crippen molar-refractivity contribution < 1.29 is 8.83 Å². The van der Waals surface area contributed by atoms with Gasteiger partial charge in [-0.3, -0.25) is 0 Å². The highest BCUT2D eigenvalue weighted by Crippen LogP contribution is 2.48. The maximum atomic E-state index is 6.56. The summed E-state index contributed by atoms with van der Waals surface area (Å²) in [5.41, 5.74) is 23.7. The Kier molecular flexibility index (Phi) is 9.47. The van der Waals surface area contributed by atoms with E-state index >= 15 is 0 Å². The van der Waals surface area contributed by atoms with Crippen LogP contribution >= 0.6 is 0 Å². The van der Waals surface area contributed by atoms with Gasteiger partial charge in [0, 0.05) is 66.8 Å². The molecule has 0 amide bonds. The van der Waals surface area contributed by atoms with Crippen molar-refractivity contribution in [1.29, 1.82) is 0 Å². The Balaban J connectivity index is 0.994. The minimum absolute atomic E-state index is 0.0441. The Morgan fingerprint density at radius 3 is 1.32 bits per heavy atom. The highest BCUT2D eigenvalue weighted by atomic mass is 16.3. The van der Waals surface area contributed by atoms with Crippen LogP contribution in [0.2, 0.25) is 0 Å². The van der Waals surface area contributed by atoms with Gasteiger partial charge in [-0.05, 0) is 121 Å². The predicted molar refractivity (Wildman–Crippen MR) is 309 cm³/mol. The van der Waals surface area contributed by atoms with Crippen LogP contribution < -0.4 is 26.2 Å². The van der Waals surface area contributed by atoms with E-state index < -0.39 is 0 Å².